The van der Waals surface area contributed by atoms with E-state index in [1.165, 1.54) is 11.3 Å². The summed E-state index contributed by atoms with van der Waals surface area (Å²) in [5.74, 6) is 1.85. The summed E-state index contributed by atoms with van der Waals surface area (Å²) in [6.07, 6.45) is 3.48. The van der Waals surface area contributed by atoms with Crippen LogP contribution in [0.4, 0.5) is 0 Å². The lowest BCUT2D eigenvalue weighted by Crippen LogP contribution is -2.47. The highest BCUT2D eigenvalue weighted by Crippen LogP contribution is 2.18. The molecule has 130 valence electrons. The molecule has 1 fully saturated rings. The summed E-state index contributed by atoms with van der Waals surface area (Å²) in [7, 11) is 0. The lowest BCUT2D eigenvalue weighted by molar-refractivity contribution is -0.123. The molecule has 3 rings (SSSR count). The Labute approximate surface area is 146 Å². The van der Waals surface area contributed by atoms with Crippen molar-refractivity contribution in [2.75, 3.05) is 13.1 Å². The van der Waals surface area contributed by atoms with Crippen LogP contribution in [0.1, 0.15) is 35.8 Å². The van der Waals surface area contributed by atoms with Crippen LogP contribution in [-0.4, -0.2) is 44.7 Å². The maximum absolute atomic E-state index is 12.3. The van der Waals surface area contributed by atoms with Gasteiger partial charge in [0.25, 0.3) is 0 Å². The fourth-order valence-corrected chi connectivity index (χ4v) is 3.89. The van der Waals surface area contributed by atoms with Crippen LogP contribution >= 0.6 is 11.3 Å². The quantitative estimate of drug-likeness (QED) is 0.869. The smallest absolute Gasteiger partial charge is 0.234 e. The molecule has 0 saturated carbocycles. The van der Waals surface area contributed by atoms with Gasteiger partial charge in [0.1, 0.15) is 11.6 Å². The predicted octanol–water partition coefficient (Wildman–Crippen LogP) is 2.13. The minimum absolute atomic E-state index is 0.0989. The molecule has 2 aromatic rings. The van der Waals surface area contributed by atoms with Gasteiger partial charge >= 0.3 is 0 Å². The number of nitrogens with one attached hydrogen (secondary N) is 1. The molecular weight excluding hydrogens is 322 g/mol. The highest BCUT2D eigenvalue weighted by atomic mass is 32.1. The molecule has 0 spiro atoms. The van der Waals surface area contributed by atoms with Crippen molar-refractivity contribution in [3.8, 4) is 0 Å². The largest absolute Gasteiger partial charge is 0.350 e. The molecule has 6 nitrogen and oxygen atoms in total. The minimum Gasteiger partial charge on any atom is -0.350 e. The van der Waals surface area contributed by atoms with Gasteiger partial charge in [0.2, 0.25) is 5.91 Å². The third-order valence-corrected chi connectivity index (χ3v) is 5.36. The Morgan fingerprint density at radius 3 is 3.00 bits per heavy atom. The van der Waals surface area contributed by atoms with Crippen molar-refractivity contribution in [1.29, 1.82) is 0 Å². The number of likely N-dealkylation sites (tertiary alicyclic amines) is 1. The Morgan fingerprint density at radius 2 is 2.29 bits per heavy atom. The van der Waals surface area contributed by atoms with E-state index in [1.54, 1.807) is 11.3 Å². The Balaban J connectivity index is 1.55. The van der Waals surface area contributed by atoms with E-state index in [0.717, 1.165) is 37.6 Å². The van der Waals surface area contributed by atoms with Gasteiger partial charge in [-0.3, -0.25) is 9.69 Å². The van der Waals surface area contributed by atoms with E-state index in [4.69, 9.17) is 0 Å². The van der Waals surface area contributed by atoms with Crippen molar-refractivity contribution >= 4 is 17.2 Å². The van der Waals surface area contributed by atoms with Gasteiger partial charge in [-0.25, -0.2) is 9.67 Å². The summed E-state index contributed by atoms with van der Waals surface area (Å²) in [6.45, 7) is 6.77. The molecule has 0 aromatic carbocycles. The van der Waals surface area contributed by atoms with Crippen LogP contribution in [0, 0.1) is 13.8 Å². The molecule has 1 saturated heterocycles. The second kappa shape index (κ2) is 7.90. The van der Waals surface area contributed by atoms with E-state index in [0.29, 0.717) is 19.1 Å². The van der Waals surface area contributed by atoms with Gasteiger partial charge in [0.15, 0.2) is 0 Å². The molecule has 3 heterocycles. The van der Waals surface area contributed by atoms with Crippen molar-refractivity contribution in [2.45, 2.75) is 52.2 Å². The molecule has 1 amide bonds. The first kappa shape index (κ1) is 17.1. The Bertz CT molecular complexity index is 667. The molecule has 1 unspecified atom stereocenters. The Hall–Kier alpha value is -1.73. The van der Waals surface area contributed by atoms with Crippen LogP contribution in [0.15, 0.2) is 17.5 Å². The minimum atomic E-state index is 0.0989. The molecule has 1 aliphatic rings. The molecule has 0 bridgehead atoms. The number of carbonyl (C=O) groups excluding carboxylic acids is 1. The van der Waals surface area contributed by atoms with Crippen LogP contribution in [0.3, 0.4) is 0 Å². The third-order valence-electron chi connectivity index (χ3n) is 4.48. The van der Waals surface area contributed by atoms with Crippen LogP contribution in [0.5, 0.6) is 0 Å². The van der Waals surface area contributed by atoms with E-state index < -0.39 is 0 Å². The zero-order chi connectivity index (χ0) is 16.9. The summed E-state index contributed by atoms with van der Waals surface area (Å²) in [6, 6.07) is 4.41. The number of hydrogen-bond acceptors (Lipinski definition) is 5. The zero-order valence-electron chi connectivity index (χ0n) is 14.4. The van der Waals surface area contributed by atoms with Crippen LogP contribution in [0.2, 0.25) is 0 Å². The molecular formula is C17H25N5OS. The Kier molecular flexibility index (Phi) is 5.63. The fourth-order valence-electron chi connectivity index (χ4n) is 3.25. The van der Waals surface area contributed by atoms with Gasteiger partial charge < -0.3 is 5.32 Å². The number of aromatic nitrogens is 3. The first-order valence-corrected chi connectivity index (χ1v) is 9.41. The lowest BCUT2D eigenvalue weighted by atomic mass is 10.0. The average molecular weight is 347 g/mol. The molecule has 7 heteroatoms. The number of piperidine rings is 1. The zero-order valence-corrected chi connectivity index (χ0v) is 15.2. The number of rotatable bonds is 6. The van der Waals surface area contributed by atoms with Crippen LogP contribution in [0.25, 0.3) is 0 Å². The van der Waals surface area contributed by atoms with Gasteiger partial charge in [-0.1, -0.05) is 12.5 Å². The summed E-state index contributed by atoms with van der Waals surface area (Å²) < 4.78 is 1.97. The molecule has 1 N–H and O–H groups in total. The average Bonchev–Trinajstić information content (AvgIpc) is 3.17. The van der Waals surface area contributed by atoms with Crippen molar-refractivity contribution in [2.24, 2.45) is 0 Å². The molecule has 1 aliphatic heterocycles. The first-order valence-electron chi connectivity index (χ1n) is 8.53. The van der Waals surface area contributed by atoms with E-state index in [-0.39, 0.29) is 5.91 Å². The van der Waals surface area contributed by atoms with Gasteiger partial charge in [0, 0.05) is 10.9 Å². The highest BCUT2D eigenvalue weighted by molar-refractivity contribution is 7.09. The van der Waals surface area contributed by atoms with E-state index >= 15 is 0 Å². The lowest BCUT2D eigenvalue weighted by Gasteiger charge is -2.35. The van der Waals surface area contributed by atoms with Gasteiger partial charge in [0.05, 0.1) is 19.6 Å². The topological polar surface area (TPSA) is 63.1 Å². The normalized spacial score (nSPS) is 18.7. The molecule has 0 radical (unpaired) electrons. The second-order valence-electron chi connectivity index (χ2n) is 6.36. The maximum atomic E-state index is 12.3. The van der Waals surface area contributed by atoms with E-state index in [2.05, 4.69) is 20.3 Å². The molecule has 1 atom stereocenters. The monoisotopic (exact) mass is 347 g/mol. The van der Waals surface area contributed by atoms with Gasteiger partial charge in [-0.05, 0) is 44.7 Å². The van der Waals surface area contributed by atoms with Crippen LogP contribution < -0.4 is 5.32 Å². The number of carbonyl (C=O) groups is 1. The molecule has 2 aromatic heterocycles. The van der Waals surface area contributed by atoms with Gasteiger partial charge in [-0.2, -0.15) is 5.10 Å². The highest BCUT2D eigenvalue weighted by Gasteiger charge is 2.25. The predicted molar refractivity (Wildman–Crippen MR) is 94.9 cm³/mol. The SMILES string of the molecule is Cc1nc(C)n(CC2CCCCN2CC(=O)NCc2cccs2)n1. The van der Waals surface area contributed by atoms with E-state index in [9.17, 15) is 4.79 Å². The van der Waals surface area contributed by atoms with E-state index in [1.807, 2.05) is 36.0 Å². The van der Waals surface area contributed by atoms with Crippen molar-refractivity contribution in [3.05, 3.63) is 34.0 Å². The number of amides is 1. The number of thiophene rings is 1. The van der Waals surface area contributed by atoms with Crippen molar-refractivity contribution in [3.63, 3.8) is 0 Å². The molecule has 24 heavy (non-hydrogen) atoms. The first-order chi connectivity index (χ1) is 11.6. The summed E-state index contributed by atoms with van der Waals surface area (Å²) >= 11 is 1.67. The standard InChI is InChI=1S/C17H25N5OS/c1-13-19-14(2)22(20-13)11-15-6-3-4-8-21(15)12-17(23)18-10-16-7-5-9-24-16/h5,7,9,15H,3-4,6,8,10-12H2,1-2H3,(H,18,23). The van der Waals surface area contributed by atoms with Crippen molar-refractivity contribution in [1.82, 2.24) is 25.0 Å². The molecule has 0 aliphatic carbocycles. The van der Waals surface area contributed by atoms with Gasteiger partial charge in [-0.15, -0.1) is 11.3 Å². The summed E-state index contributed by atoms with van der Waals surface area (Å²) in [5.41, 5.74) is 0. The second-order valence-corrected chi connectivity index (χ2v) is 7.40. The van der Waals surface area contributed by atoms with Crippen LogP contribution in [-0.2, 0) is 17.9 Å². The number of hydrogen-bond donors (Lipinski definition) is 1. The number of nitrogens with zero attached hydrogens (tertiary/aromatic N) is 4. The Morgan fingerprint density at radius 1 is 1.42 bits per heavy atom. The summed E-state index contributed by atoms with van der Waals surface area (Å²) in [5, 5.41) is 9.53. The fraction of sp³-hybridized carbons (Fsp3) is 0.588. The third kappa shape index (κ3) is 4.42. The van der Waals surface area contributed by atoms with Crippen molar-refractivity contribution < 1.29 is 4.79 Å². The number of aryl methyl sites for hydroxylation is 2. The maximum Gasteiger partial charge on any atom is 0.234 e. The summed E-state index contributed by atoms with van der Waals surface area (Å²) in [4.78, 5) is 20.2.